The SMILES string of the molecule is CCCCCS(=O)CC(O)CNC(C)C. The minimum absolute atomic E-state index is 0.369. The van der Waals surface area contributed by atoms with Crippen LogP contribution in [0.4, 0.5) is 0 Å². The Morgan fingerprint density at radius 3 is 2.53 bits per heavy atom. The van der Waals surface area contributed by atoms with Crippen molar-refractivity contribution in [2.75, 3.05) is 18.1 Å². The quantitative estimate of drug-likeness (QED) is 0.592. The molecule has 0 heterocycles. The van der Waals surface area contributed by atoms with E-state index in [0.29, 0.717) is 18.3 Å². The summed E-state index contributed by atoms with van der Waals surface area (Å²) in [5, 5.41) is 12.7. The Kier molecular flexibility index (Phi) is 9.35. The number of aliphatic hydroxyl groups is 1. The van der Waals surface area contributed by atoms with Crippen LogP contribution in [0.5, 0.6) is 0 Å². The van der Waals surface area contributed by atoms with Crippen LogP contribution in [0.25, 0.3) is 0 Å². The first-order valence-electron chi connectivity index (χ1n) is 5.82. The molecule has 0 saturated carbocycles. The van der Waals surface area contributed by atoms with E-state index in [-0.39, 0.29) is 0 Å². The van der Waals surface area contributed by atoms with Crippen molar-refractivity contribution in [3.05, 3.63) is 0 Å². The molecule has 0 spiro atoms. The molecule has 15 heavy (non-hydrogen) atoms. The molecule has 0 aliphatic rings. The van der Waals surface area contributed by atoms with Crippen LogP contribution in [0.3, 0.4) is 0 Å². The summed E-state index contributed by atoms with van der Waals surface area (Å²) in [6, 6.07) is 0.369. The Bertz CT molecular complexity index is 174. The van der Waals surface area contributed by atoms with Gasteiger partial charge in [0.05, 0.1) is 11.9 Å². The molecule has 3 nitrogen and oxygen atoms in total. The van der Waals surface area contributed by atoms with Gasteiger partial charge in [0.2, 0.25) is 0 Å². The van der Waals surface area contributed by atoms with Crippen molar-refractivity contribution in [3.63, 3.8) is 0 Å². The molecule has 0 saturated heterocycles. The standard InChI is InChI=1S/C11H25NO2S/c1-4-5-6-7-15(14)9-11(13)8-12-10(2)3/h10-13H,4-9H2,1-3H3. The van der Waals surface area contributed by atoms with Gasteiger partial charge in [-0.05, 0) is 6.42 Å². The van der Waals surface area contributed by atoms with Gasteiger partial charge in [-0.1, -0.05) is 33.6 Å². The molecule has 2 atom stereocenters. The van der Waals surface area contributed by atoms with E-state index in [0.717, 1.165) is 25.0 Å². The first-order valence-corrected chi connectivity index (χ1v) is 7.31. The molecule has 2 unspecified atom stereocenters. The molecule has 0 amide bonds. The van der Waals surface area contributed by atoms with Crippen LogP contribution >= 0.6 is 0 Å². The minimum atomic E-state index is -0.856. The molecule has 0 fully saturated rings. The van der Waals surface area contributed by atoms with Crippen LogP contribution in [0.1, 0.15) is 40.0 Å². The molecule has 0 aliphatic carbocycles. The molecule has 0 rings (SSSR count). The third kappa shape index (κ3) is 10.4. The average molecular weight is 235 g/mol. The van der Waals surface area contributed by atoms with Gasteiger partial charge in [0.25, 0.3) is 0 Å². The van der Waals surface area contributed by atoms with Crippen molar-refractivity contribution in [1.82, 2.24) is 5.32 Å². The largest absolute Gasteiger partial charge is 0.391 e. The van der Waals surface area contributed by atoms with Crippen molar-refractivity contribution < 1.29 is 9.32 Å². The van der Waals surface area contributed by atoms with E-state index in [1.807, 2.05) is 13.8 Å². The summed E-state index contributed by atoms with van der Waals surface area (Å²) in [6.07, 6.45) is 2.81. The maximum absolute atomic E-state index is 11.5. The first-order chi connectivity index (χ1) is 7.06. The number of rotatable bonds is 9. The zero-order valence-corrected chi connectivity index (χ0v) is 11.0. The van der Waals surface area contributed by atoms with Gasteiger partial charge >= 0.3 is 0 Å². The van der Waals surface area contributed by atoms with Crippen molar-refractivity contribution >= 4 is 10.8 Å². The molecule has 0 bridgehead atoms. The highest BCUT2D eigenvalue weighted by Crippen LogP contribution is 1.98. The second kappa shape index (κ2) is 9.31. The predicted octanol–water partition coefficient (Wildman–Crippen LogP) is 1.28. The van der Waals surface area contributed by atoms with E-state index < -0.39 is 16.9 Å². The Morgan fingerprint density at radius 1 is 1.33 bits per heavy atom. The summed E-state index contributed by atoms with van der Waals surface area (Å²) in [6.45, 7) is 6.73. The lowest BCUT2D eigenvalue weighted by molar-refractivity contribution is 0.191. The summed E-state index contributed by atoms with van der Waals surface area (Å²) in [5.41, 5.74) is 0. The molecule has 0 aromatic rings. The summed E-state index contributed by atoms with van der Waals surface area (Å²) < 4.78 is 11.5. The number of hydrogen-bond donors (Lipinski definition) is 2. The van der Waals surface area contributed by atoms with Crippen LogP contribution in [-0.2, 0) is 10.8 Å². The van der Waals surface area contributed by atoms with E-state index in [1.165, 1.54) is 0 Å². The van der Waals surface area contributed by atoms with Crippen molar-refractivity contribution in [1.29, 1.82) is 0 Å². The van der Waals surface area contributed by atoms with Crippen LogP contribution in [0.15, 0.2) is 0 Å². The highest BCUT2D eigenvalue weighted by atomic mass is 32.2. The summed E-state index contributed by atoms with van der Waals surface area (Å²) in [7, 11) is -0.856. The van der Waals surface area contributed by atoms with E-state index in [9.17, 15) is 9.32 Å². The number of hydrogen-bond acceptors (Lipinski definition) is 3. The van der Waals surface area contributed by atoms with Gasteiger partial charge in [0, 0.05) is 29.1 Å². The van der Waals surface area contributed by atoms with E-state index in [1.54, 1.807) is 0 Å². The molecule has 92 valence electrons. The van der Waals surface area contributed by atoms with Gasteiger partial charge < -0.3 is 10.4 Å². The highest BCUT2D eigenvalue weighted by Gasteiger charge is 2.09. The average Bonchev–Trinajstić information content (AvgIpc) is 2.15. The third-order valence-electron chi connectivity index (χ3n) is 2.12. The molecule has 2 N–H and O–H groups in total. The van der Waals surface area contributed by atoms with Gasteiger partial charge in [-0.2, -0.15) is 0 Å². The first kappa shape index (κ1) is 15.1. The maximum Gasteiger partial charge on any atom is 0.0779 e. The number of nitrogens with one attached hydrogen (secondary N) is 1. The maximum atomic E-state index is 11.5. The van der Waals surface area contributed by atoms with Gasteiger partial charge in [-0.15, -0.1) is 0 Å². The van der Waals surface area contributed by atoms with Crippen LogP contribution < -0.4 is 5.32 Å². The van der Waals surface area contributed by atoms with Crippen molar-refractivity contribution in [2.24, 2.45) is 0 Å². The number of unbranched alkanes of at least 4 members (excludes halogenated alkanes) is 2. The van der Waals surface area contributed by atoms with E-state index >= 15 is 0 Å². The van der Waals surface area contributed by atoms with Gasteiger partial charge in [0.15, 0.2) is 0 Å². The lowest BCUT2D eigenvalue weighted by atomic mass is 10.3. The fraction of sp³-hybridized carbons (Fsp3) is 1.00. The fourth-order valence-corrected chi connectivity index (χ4v) is 2.48. The Morgan fingerprint density at radius 2 is 2.00 bits per heavy atom. The third-order valence-corrected chi connectivity index (χ3v) is 3.62. The second-order valence-electron chi connectivity index (χ2n) is 4.23. The van der Waals surface area contributed by atoms with Crippen LogP contribution in [0.2, 0.25) is 0 Å². The molecule has 0 aromatic heterocycles. The lowest BCUT2D eigenvalue weighted by Crippen LogP contribution is -2.35. The summed E-state index contributed by atoms with van der Waals surface area (Å²) >= 11 is 0. The fourth-order valence-electron chi connectivity index (χ4n) is 1.24. The monoisotopic (exact) mass is 235 g/mol. The molecule has 0 radical (unpaired) electrons. The normalized spacial score (nSPS) is 15.5. The summed E-state index contributed by atoms with van der Waals surface area (Å²) in [5.74, 6) is 1.13. The summed E-state index contributed by atoms with van der Waals surface area (Å²) in [4.78, 5) is 0. The van der Waals surface area contributed by atoms with E-state index in [2.05, 4.69) is 12.2 Å². The Balaban J connectivity index is 3.49. The van der Waals surface area contributed by atoms with Crippen molar-refractivity contribution in [2.45, 2.75) is 52.2 Å². The molecule has 0 aromatic carbocycles. The van der Waals surface area contributed by atoms with Crippen LogP contribution in [0, 0.1) is 0 Å². The zero-order chi connectivity index (χ0) is 11.7. The van der Waals surface area contributed by atoms with E-state index in [4.69, 9.17) is 0 Å². The highest BCUT2D eigenvalue weighted by molar-refractivity contribution is 7.85. The number of aliphatic hydroxyl groups excluding tert-OH is 1. The molecular weight excluding hydrogens is 210 g/mol. The lowest BCUT2D eigenvalue weighted by Gasteiger charge is -2.13. The topological polar surface area (TPSA) is 49.3 Å². The predicted molar refractivity (Wildman–Crippen MR) is 66.5 cm³/mol. The second-order valence-corrected chi connectivity index (χ2v) is 5.86. The Labute approximate surface area is 96.1 Å². The Hall–Kier alpha value is 0.0700. The molecule has 0 aliphatic heterocycles. The van der Waals surface area contributed by atoms with Crippen molar-refractivity contribution in [3.8, 4) is 0 Å². The minimum Gasteiger partial charge on any atom is -0.391 e. The zero-order valence-electron chi connectivity index (χ0n) is 10.2. The van der Waals surface area contributed by atoms with Gasteiger partial charge in [0.1, 0.15) is 0 Å². The molecular formula is C11H25NO2S. The molecule has 4 heteroatoms. The smallest absolute Gasteiger partial charge is 0.0779 e. The van der Waals surface area contributed by atoms with Crippen LogP contribution in [-0.4, -0.2) is 39.5 Å². The van der Waals surface area contributed by atoms with Gasteiger partial charge in [-0.25, -0.2) is 0 Å². The van der Waals surface area contributed by atoms with Gasteiger partial charge in [-0.3, -0.25) is 4.21 Å².